The molecule has 1 N–H and O–H groups in total. The van der Waals surface area contributed by atoms with Gasteiger partial charge in [-0.1, -0.05) is 24.3 Å². The molecule has 0 aliphatic carbocycles. The minimum atomic E-state index is -0.354. The van der Waals surface area contributed by atoms with E-state index in [1.165, 1.54) is 30.5 Å². The van der Waals surface area contributed by atoms with E-state index in [4.69, 9.17) is 9.47 Å². The Kier molecular flexibility index (Phi) is 8.33. The second-order valence-corrected chi connectivity index (χ2v) is 7.62. The van der Waals surface area contributed by atoms with Crippen molar-refractivity contribution in [2.45, 2.75) is 20.0 Å². The van der Waals surface area contributed by atoms with Crippen molar-refractivity contribution in [1.82, 2.24) is 5.43 Å². The van der Waals surface area contributed by atoms with Gasteiger partial charge in [0.05, 0.1) is 19.2 Å². The highest BCUT2D eigenvalue weighted by molar-refractivity contribution is 9.10. The molecule has 32 heavy (non-hydrogen) atoms. The van der Waals surface area contributed by atoms with Gasteiger partial charge in [0, 0.05) is 10.0 Å². The number of hydrogen-bond acceptors (Lipinski definition) is 4. The molecule has 3 aromatic carbocycles. The molecule has 8 heteroatoms. The fraction of sp³-hybridized carbons (Fsp3) is 0.167. The SMILES string of the molecule is CCOc1cc(/C=N/NC(=O)Cc2ccc(F)cc2)c(Br)cc1OCc1ccc(F)cc1. The summed E-state index contributed by atoms with van der Waals surface area (Å²) in [4.78, 5) is 12.0. The summed E-state index contributed by atoms with van der Waals surface area (Å²) < 4.78 is 38.2. The van der Waals surface area contributed by atoms with E-state index in [-0.39, 0.29) is 30.6 Å². The Bertz CT molecular complexity index is 1090. The number of carbonyl (C=O) groups is 1. The lowest BCUT2D eigenvalue weighted by molar-refractivity contribution is -0.120. The van der Waals surface area contributed by atoms with Crippen LogP contribution in [-0.2, 0) is 17.8 Å². The Morgan fingerprint density at radius 1 is 0.969 bits per heavy atom. The Labute approximate surface area is 193 Å². The smallest absolute Gasteiger partial charge is 0.244 e. The maximum atomic E-state index is 13.1. The van der Waals surface area contributed by atoms with Gasteiger partial charge in [-0.05, 0) is 70.4 Å². The van der Waals surface area contributed by atoms with Gasteiger partial charge < -0.3 is 9.47 Å². The summed E-state index contributed by atoms with van der Waals surface area (Å²) in [6.07, 6.45) is 1.57. The van der Waals surface area contributed by atoms with Crippen molar-refractivity contribution in [2.24, 2.45) is 5.10 Å². The number of amides is 1. The van der Waals surface area contributed by atoms with Crippen LogP contribution >= 0.6 is 15.9 Å². The van der Waals surface area contributed by atoms with Crippen LogP contribution in [-0.4, -0.2) is 18.7 Å². The zero-order valence-electron chi connectivity index (χ0n) is 17.3. The van der Waals surface area contributed by atoms with E-state index in [1.807, 2.05) is 6.92 Å². The summed E-state index contributed by atoms with van der Waals surface area (Å²) in [7, 11) is 0. The molecular formula is C24H21BrF2N2O3. The van der Waals surface area contributed by atoms with Crippen LogP contribution < -0.4 is 14.9 Å². The Hall–Kier alpha value is -3.26. The van der Waals surface area contributed by atoms with Crippen LogP contribution in [0.3, 0.4) is 0 Å². The summed E-state index contributed by atoms with van der Waals surface area (Å²) in [5.41, 5.74) is 4.62. The summed E-state index contributed by atoms with van der Waals surface area (Å²) >= 11 is 3.47. The highest BCUT2D eigenvalue weighted by atomic mass is 79.9. The lowest BCUT2D eigenvalue weighted by atomic mass is 10.1. The number of benzene rings is 3. The molecule has 0 bridgehead atoms. The standard InChI is InChI=1S/C24H21BrF2N2O3/c1-2-31-22-12-18(14-28-29-24(30)11-16-3-7-19(26)8-4-16)21(25)13-23(22)32-15-17-5-9-20(27)10-6-17/h3-10,12-14H,2,11,15H2,1H3,(H,29,30)/b28-14+. The van der Waals surface area contributed by atoms with Crippen molar-refractivity contribution in [1.29, 1.82) is 0 Å². The van der Waals surface area contributed by atoms with Crippen LogP contribution in [0.15, 0.2) is 70.2 Å². The molecule has 1 amide bonds. The number of halogens is 3. The molecule has 3 aromatic rings. The number of nitrogens with zero attached hydrogens (tertiary/aromatic N) is 1. The Morgan fingerprint density at radius 2 is 1.56 bits per heavy atom. The molecule has 0 aromatic heterocycles. The van der Waals surface area contributed by atoms with Crippen molar-refractivity contribution in [3.05, 3.63) is 93.5 Å². The fourth-order valence-corrected chi connectivity index (χ4v) is 3.20. The van der Waals surface area contributed by atoms with Gasteiger partial charge in [0.15, 0.2) is 11.5 Å². The first kappa shape index (κ1) is 23.4. The summed E-state index contributed by atoms with van der Waals surface area (Å²) in [5.74, 6) is 0.0397. The van der Waals surface area contributed by atoms with Gasteiger partial charge in [-0.25, -0.2) is 14.2 Å². The molecule has 0 spiro atoms. The summed E-state index contributed by atoms with van der Waals surface area (Å²) in [6, 6.07) is 15.3. The second-order valence-electron chi connectivity index (χ2n) is 6.77. The molecule has 0 atom stereocenters. The highest BCUT2D eigenvalue weighted by Gasteiger charge is 2.11. The fourth-order valence-electron chi connectivity index (χ4n) is 2.77. The van der Waals surface area contributed by atoms with Crippen molar-refractivity contribution < 1.29 is 23.0 Å². The van der Waals surface area contributed by atoms with Gasteiger partial charge in [0.2, 0.25) is 5.91 Å². The Morgan fingerprint density at radius 3 is 2.19 bits per heavy atom. The molecule has 166 valence electrons. The molecular weight excluding hydrogens is 482 g/mol. The molecule has 0 radical (unpaired) electrons. The van der Waals surface area contributed by atoms with Crippen molar-refractivity contribution in [3.63, 3.8) is 0 Å². The Balaban J connectivity index is 1.65. The van der Waals surface area contributed by atoms with E-state index in [0.29, 0.717) is 33.7 Å². The first-order chi connectivity index (χ1) is 15.4. The van der Waals surface area contributed by atoms with E-state index in [1.54, 1.807) is 36.4 Å². The van der Waals surface area contributed by atoms with E-state index < -0.39 is 0 Å². The van der Waals surface area contributed by atoms with Gasteiger partial charge in [-0.3, -0.25) is 4.79 Å². The van der Waals surface area contributed by atoms with Crippen molar-refractivity contribution in [2.75, 3.05) is 6.61 Å². The third-order valence-corrected chi connectivity index (χ3v) is 5.03. The van der Waals surface area contributed by atoms with Crippen molar-refractivity contribution in [3.8, 4) is 11.5 Å². The average molecular weight is 503 g/mol. The van der Waals surface area contributed by atoms with Gasteiger partial charge in [0.1, 0.15) is 18.2 Å². The zero-order valence-corrected chi connectivity index (χ0v) is 18.9. The molecule has 0 heterocycles. The molecule has 0 aliphatic heterocycles. The van der Waals surface area contributed by atoms with Crippen LogP contribution in [0.1, 0.15) is 23.6 Å². The van der Waals surface area contributed by atoms with Gasteiger partial charge >= 0.3 is 0 Å². The van der Waals surface area contributed by atoms with Gasteiger partial charge in [-0.15, -0.1) is 0 Å². The minimum absolute atomic E-state index is 0.0825. The topological polar surface area (TPSA) is 59.9 Å². The predicted octanol–water partition coefficient (Wildman–Crippen LogP) is 5.40. The van der Waals surface area contributed by atoms with E-state index in [2.05, 4.69) is 26.5 Å². The monoisotopic (exact) mass is 502 g/mol. The summed E-state index contributed by atoms with van der Waals surface area (Å²) in [5, 5.41) is 3.99. The van der Waals surface area contributed by atoms with Crippen molar-refractivity contribution >= 4 is 28.1 Å². The zero-order chi connectivity index (χ0) is 22.9. The molecule has 0 aliphatic rings. The van der Waals surface area contributed by atoms with Crippen LogP contribution in [0.4, 0.5) is 8.78 Å². The lowest BCUT2D eigenvalue weighted by Crippen LogP contribution is -2.19. The first-order valence-corrected chi connectivity index (χ1v) is 10.6. The van der Waals surface area contributed by atoms with Crippen LogP contribution in [0.2, 0.25) is 0 Å². The highest BCUT2D eigenvalue weighted by Crippen LogP contribution is 2.33. The van der Waals surface area contributed by atoms with Gasteiger partial charge in [-0.2, -0.15) is 5.10 Å². The largest absolute Gasteiger partial charge is 0.490 e. The molecule has 0 unspecified atom stereocenters. The normalized spacial score (nSPS) is 10.9. The van der Waals surface area contributed by atoms with E-state index >= 15 is 0 Å². The average Bonchev–Trinajstić information content (AvgIpc) is 2.77. The number of rotatable bonds is 9. The molecule has 5 nitrogen and oxygen atoms in total. The molecule has 0 saturated carbocycles. The maximum absolute atomic E-state index is 13.1. The number of hydrogen-bond donors (Lipinski definition) is 1. The molecule has 0 fully saturated rings. The lowest BCUT2D eigenvalue weighted by Gasteiger charge is -2.14. The quantitative estimate of drug-likeness (QED) is 0.315. The third kappa shape index (κ3) is 6.88. The predicted molar refractivity (Wildman–Crippen MR) is 122 cm³/mol. The van der Waals surface area contributed by atoms with Crippen LogP contribution in [0, 0.1) is 11.6 Å². The molecule has 0 saturated heterocycles. The third-order valence-electron chi connectivity index (χ3n) is 4.34. The number of ether oxygens (including phenoxy) is 2. The van der Waals surface area contributed by atoms with E-state index in [0.717, 1.165) is 5.56 Å². The number of hydrazone groups is 1. The van der Waals surface area contributed by atoms with Crippen LogP contribution in [0.5, 0.6) is 11.5 Å². The minimum Gasteiger partial charge on any atom is -0.490 e. The van der Waals surface area contributed by atoms with Crippen LogP contribution in [0.25, 0.3) is 0 Å². The first-order valence-electron chi connectivity index (χ1n) is 9.84. The maximum Gasteiger partial charge on any atom is 0.244 e. The summed E-state index contributed by atoms with van der Waals surface area (Å²) in [6.45, 7) is 2.54. The molecule has 3 rings (SSSR count). The van der Waals surface area contributed by atoms with Gasteiger partial charge in [0.25, 0.3) is 0 Å². The van der Waals surface area contributed by atoms with E-state index in [9.17, 15) is 13.6 Å². The second kappa shape index (κ2) is 11.4. The number of carbonyl (C=O) groups excluding carboxylic acids is 1. The number of nitrogens with one attached hydrogen (secondary N) is 1.